The Hall–Kier alpha value is -1.04. The van der Waals surface area contributed by atoms with Crippen molar-refractivity contribution in [3.8, 4) is 6.07 Å². The molecule has 0 aliphatic heterocycles. The summed E-state index contributed by atoms with van der Waals surface area (Å²) in [5.41, 5.74) is 0. The highest BCUT2D eigenvalue weighted by Gasteiger charge is 2.04. The molecule has 0 fully saturated rings. The van der Waals surface area contributed by atoms with E-state index in [0.29, 0.717) is 6.42 Å². The maximum absolute atomic E-state index is 10.7. The third-order valence-electron chi connectivity index (χ3n) is 2.77. The number of nitriles is 1. The second-order valence-electron chi connectivity index (χ2n) is 4.59. The standard InChI is InChI=1S/C14H25NO2/c1-13(17-14(2)16)11-9-7-5-3-4-6-8-10-12-15/h13H,3-11H2,1-2H3/t13-/m1/s1. The molecule has 0 saturated heterocycles. The Bertz CT molecular complexity index is 233. The molecule has 0 rings (SSSR count). The molecule has 3 heteroatoms. The van der Waals surface area contributed by atoms with Crippen LogP contribution in [0.5, 0.6) is 0 Å². The number of hydrogen-bond acceptors (Lipinski definition) is 3. The summed E-state index contributed by atoms with van der Waals surface area (Å²) in [7, 11) is 0. The molecule has 0 aliphatic carbocycles. The van der Waals surface area contributed by atoms with E-state index in [1.165, 1.54) is 39.0 Å². The van der Waals surface area contributed by atoms with Crippen molar-refractivity contribution in [1.29, 1.82) is 5.26 Å². The van der Waals surface area contributed by atoms with Crippen LogP contribution in [0.2, 0.25) is 0 Å². The molecule has 98 valence electrons. The molecule has 0 saturated carbocycles. The summed E-state index contributed by atoms with van der Waals surface area (Å²) in [6.45, 7) is 3.40. The maximum Gasteiger partial charge on any atom is 0.302 e. The summed E-state index contributed by atoms with van der Waals surface area (Å²) in [6, 6.07) is 2.17. The van der Waals surface area contributed by atoms with E-state index in [1.54, 1.807) is 0 Å². The van der Waals surface area contributed by atoms with Crippen LogP contribution in [0, 0.1) is 11.3 Å². The number of nitrogens with zero attached hydrogens (tertiary/aromatic N) is 1. The highest BCUT2D eigenvalue weighted by molar-refractivity contribution is 5.66. The molecule has 0 aliphatic rings. The lowest BCUT2D eigenvalue weighted by Crippen LogP contribution is -2.11. The number of rotatable bonds is 10. The summed E-state index contributed by atoms with van der Waals surface area (Å²) in [5.74, 6) is -0.185. The molecule has 0 bridgehead atoms. The van der Waals surface area contributed by atoms with Crippen LogP contribution in [0.3, 0.4) is 0 Å². The van der Waals surface area contributed by atoms with E-state index in [2.05, 4.69) is 6.07 Å². The highest BCUT2D eigenvalue weighted by Crippen LogP contribution is 2.11. The average molecular weight is 239 g/mol. The van der Waals surface area contributed by atoms with Gasteiger partial charge in [0.15, 0.2) is 0 Å². The van der Waals surface area contributed by atoms with Gasteiger partial charge in [-0.2, -0.15) is 5.26 Å². The Morgan fingerprint density at radius 3 is 2.18 bits per heavy atom. The minimum absolute atomic E-state index is 0.0585. The number of carbonyl (C=O) groups is 1. The lowest BCUT2D eigenvalue weighted by molar-refractivity contribution is -0.145. The zero-order valence-corrected chi connectivity index (χ0v) is 11.2. The third kappa shape index (κ3) is 12.9. The molecule has 17 heavy (non-hydrogen) atoms. The quantitative estimate of drug-likeness (QED) is 0.428. The molecule has 0 aromatic carbocycles. The van der Waals surface area contributed by atoms with E-state index >= 15 is 0 Å². The molecule has 3 nitrogen and oxygen atoms in total. The van der Waals surface area contributed by atoms with Crippen molar-refractivity contribution in [2.75, 3.05) is 0 Å². The molecule has 0 unspecified atom stereocenters. The van der Waals surface area contributed by atoms with Gasteiger partial charge in [0.2, 0.25) is 0 Å². The monoisotopic (exact) mass is 239 g/mol. The van der Waals surface area contributed by atoms with Crippen molar-refractivity contribution in [2.24, 2.45) is 0 Å². The van der Waals surface area contributed by atoms with E-state index in [-0.39, 0.29) is 12.1 Å². The summed E-state index contributed by atoms with van der Waals surface area (Å²) >= 11 is 0. The maximum atomic E-state index is 10.7. The first kappa shape index (κ1) is 16.0. The Balaban J connectivity index is 3.13. The number of carbonyl (C=O) groups excluding carboxylic acids is 1. The van der Waals surface area contributed by atoms with Gasteiger partial charge >= 0.3 is 5.97 Å². The topological polar surface area (TPSA) is 50.1 Å². The van der Waals surface area contributed by atoms with Crippen molar-refractivity contribution >= 4 is 5.97 Å². The smallest absolute Gasteiger partial charge is 0.302 e. The molecule has 0 aromatic rings. The highest BCUT2D eigenvalue weighted by atomic mass is 16.5. The first-order chi connectivity index (χ1) is 8.16. The van der Waals surface area contributed by atoms with Crippen molar-refractivity contribution < 1.29 is 9.53 Å². The molecular weight excluding hydrogens is 214 g/mol. The fraction of sp³-hybridized carbons (Fsp3) is 0.857. The van der Waals surface area contributed by atoms with Crippen LogP contribution < -0.4 is 0 Å². The van der Waals surface area contributed by atoms with Crippen LogP contribution in [-0.4, -0.2) is 12.1 Å². The summed E-state index contributed by atoms with van der Waals surface area (Å²) in [5, 5.41) is 8.37. The normalized spacial score (nSPS) is 11.8. The molecular formula is C14H25NO2. The molecule has 0 radical (unpaired) electrons. The van der Waals surface area contributed by atoms with Gasteiger partial charge in [0, 0.05) is 13.3 Å². The molecule has 0 spiro atoms. The minimum atomic E-state index is -0.185. The Kier molecular flexibility index (Phi) is 10.7. The van der Waals surface area contributed by atoms with Gasteiger partial charge in [0.1, 0.15) is 0 Å². The van der Waals surface area contributed by atoms with E-state index < -0.39 is 0 Å². The molecule has 1 atom stereocenters. The molecule has 0 aromatic heterocycles. The second-order valence-corrected chi connectivity index (χ2v) is 4.59. The first-order valence-electron chi connectivity index (χ1n) is 6.71. The van der Waals surface area contributed by atoms with Crippen LogP contribution in [0.4, 0.5) is 0 Å². The van der Waals surface area contributed by atoms with Gasteiger partial charge in [0.25, 0.3) is 0 Å². The predicted octanol–water partition coefficient (Wildman–Crippen LogP) is 3.97. The van der Waals surface area contributed by atoms with Crippen LogP contribution >= 0.6 is 0 Å². The van der Waals surface area contributed by atoms with Gasteiger partial charge in [-0.15, -0.1) is 0 Å². The zero-order chi connectivity index (χ0) is 12.9. The Morgan fingerprint density at radius 2 is 1.65 bits per heavy atom. The van der Waals surface area contributed by atoms with Crippen LogP contribution in [0.25, 0.3) is 0 Å². The van der Waals surface area contributed by atoms with Crippen molar-refractivity contribution in [2.45, 2.75) is 77.7 Å². The van der Waals surface area contributed by atoms with E-state index in [4.69, 9.17) is 10.00 Å². The fourth-order valence-corrected chi connectivity index (χ4v) is 1.86. The SMILES string of the molecule is CC(=O)O[C@H](C)CCCCCCCCCC#N. The molecule has 0 N–H and O–H groups in total. The number of esters is 1. The summed E-state index contributed by atoms with van der Waals surface area (Å²) in [4.78, 5) is 10.7. The van der Waals surface area contributed by atoms with E-state index in [1.807, 2.05) is 6.92 Å². The van der Waals surface area contributed by atoms with Gasteiger partial charge < -0.3 is 4.74 Å². The van der Waals surface area contributed by atoms with Crippen LogP contribution in [0.15, 0.2) is 0 Å². The van der Waals surface area contributed by atoms with E-state index in [9.17, 15) is 4.79 Å². The van der Waals surface area contributed by atoms with Gasteiger partial charge in [0.05, 0.1) is 12.2 Å². The first-order valence-corrected chi connectivity index (χ1v) is 6.71. The minimum Gasteiger partial charge on any atom is -0.463 e. The Labute approximate surface area is 105 Å². The Morgan fingerprint density at radius 1 is 1.12 bits per heavy atom. The number of hydrogen-bond donors (Lipinski definition) is 0. The van der Waals surface area contributed by atoms with Gasteiger partial charge in [-0.3, -0.25) is 4.79 Å². The lowest BCUT2D eigenvalue weighted by atomic mass is 10.1. The van der Waals surface area contributed by atoms with Gasteiger partial charge in [-0.05, 0) is 26.2 Å². The van der Waals surface area contributed by atoms with Crippen molar-refractivity contribution in [3.63, 3.8) is 0 Å². The largest absolute Gasteiger partial charge is 0.463 e. The second kappa shape index (κ2) is 11.4. The third-order valence-corrected chi connectivity index (χ3v) is 2.77. The van der Waals surface area contributed by atoms with Crippen molar-refractivity contribution in [1.82, 2.24) is 0 Å². The number of ether oxygens (including phenoxy) is 1. The predicted molar refractivity (Wildman–Crippen MR) is 68.4 cm³/mol. The summed E-state index contributed by atoms with van der Waals surface area (Å²) in [6.07, 6.45) is 10.0. The van der Waals surface area contributed by atoms with Crippen LogP contribution in [0.1, 0.15) is 71.6 Å². The molecule has 0 heterocycles. The fourth-order valence-electron chi connectivity index (χ4n) is 1.86. The molecule has 0 amide bonds. The van der Waals surface area contributed by atoms with Gasteiger partial charge in [-0.25, -0.2) is 0 Å². The van der Waals surface area contributed by atoms with Gasteiger partial charge in [-0.1, -0.05) is 32.1 Å². The summed E-state index contributed by atoms with van der Waals surface area (Å²) < 4.78 is 5.05. The average Bonchev–Trinajstić information content (AvgIpc) is 2.26. The number of unbranched alkanes of at least 4 members (excludes halogenated alkanes) is 7. The lowest BCUT2D eigenvalue weighted by Gasteiger charge is -2.11. The van der Waals surface area contributed by atoms with Crippen molar-refractivity contribution in [3.05, 3.63) is 0 Å². The van der Waals surface area contributed by atoms with E-state index in [0.717, 1.165) is 19.3 Å². The zero-order valence-electron chi connectivity index (χ0n) is 11.2. The van der Waals surface area contributed by atoms with Crippen LogP contribution in [-0.2, 0) is 9.53 Å².